The molecule has 1 amide bonds. The maximum absolute atomic E-state index is 13.8. The molecule has 0 unspecified atom stereocenters. The van der Waals surface area contributed by atoms with Gasteiger partial charge < -0.3 is 14.6 Å². The van der Waals surface area contributed by atoms with E-state index in [1.54, 1.807) is 12.2 Å². The fourth-order valence-corrected chi connectivity index (χ4v) is 3.01. The fraction of sp³-hybridized carbons (Fsp3) is 0.238. The summed E-state index contributed by atoms with van der Waals surface area (Å²) in [6.07, 6.45) is -2.44. The first kappa shape index (κ1) is 25.1. The van der Waals surface area contributed by atoms with E-state index < -0.39 is 35.8 Å². The average Bonchev–Trinajstić information content (AvgIpc) is 2.77. The first-order valence-electron chi connectivity index (χ1n) is 9.57. The van der Waals surface area contributed by atoms with Gasteiger partial charge in [-0.2, -0.15) is 13.2 Å². The monoisotopic (exact) mass is 502 g/mol. The molecule has 0 atom stereocenters. The van der Waals surface area contributed by atoms with E-state index in [4.69, 9.17) is 16.3 Å². The minimum absolute atomic E-state index is 0.00749. The van der Waals surface area contributed by atoms with Crippen molar-refractivity contribution in [2.24, 2.45) is 0 Å². The van der Waals surface area contributed by atoms with Crippen molar-refractivity contribution >= 4 is 17.5 Å². The Morgan fingerprint density at radius 1 is 1.18 bits per heavy atom. The molecular weight excluding hydrogens is 487 g/mol. The zero-order valence-electron chi connectivity index (χ0n) is 17.4. The maximum Gasteiger partial charge on any atom is 0.405 e. The lowest BCUT2D eigenvalue weighted by Gasteiger charge is -2.14. The molecule has 7 nitrogen and oxygen atoms in total. The van der Waals surface area contributed by atoms with Crippen LogP contribution in [-0.4, -0.2) is 33.2 Å². The van der Waals surface area contributed by atoms with E-state index in [-0.39, 0.29) is 40.9 Å². The summed E-state index contributed by atoms with van der Waals surface area (Å²) >= 11 is 6.11. The molecule has 0 saturated heterocycles. The molecule has 0 spiro atoms. The number of halogens is 6. The van der Waals surface area contributed by atoms with E-state index in [9.17, 15) is 31.5 Å². The van der Waals surface area contributed by atoms with Gasteiger partial charge in [-0.1, -0.05) is 11.6 Å². The third-order valence-corrected chi connectivity index (χ3v) is 4.87. The normalized spacial score (nSPS) is 11.4. The predicted molar refractivity (Wildman–Crippen MR) is 111 cm³/mol. The molecule has 0 saturated carbocycles. The molecule has 0 aliphatic rings. The van der Waals surface area contributed by atoms with Crippen molar-refractivity contribution in [2.75, 3.05) is 6.54 Å². The fourth-order valence-electron chi connectivity index (χ4n) is 2.80. The molecule has 0 aliphatic carbocycles. The number of aromatic nitrogens is 3. The molecule has 2 heterocycles. The number of aryl methyl sites for hydroxylation is 1. The van der Waals surface area contributed by atoms with Crippen LogP contribution in [0.5, 0.6) is 5.75 Å². The van der Waals surface area contributed by atoms with Crippen molar-refractivity contribution in [2.45, 2.75) is 26.3 Å². The number of ether oxygens (including phenoxy) is 1. The summed E-state index contributed by atoms with van der Waals surface area (Å²) < 4.78 is 70.1. The quantitative estimate of drug-likeness (QED) is 0.497. The molecule has 0 bridgehead atoms. The Kier molecular flexibility index (Phi) is 7.50. The number of carbonyl (C=O) groups excluding carboxylic acids is 1. The van der Waals surface area contributed by atoms with Crippen molar-refractivity contribution in [3.05, 3.63) is 86.3 Å². The van der Waals surface area contributed by atoms with Crippen molar-refractivity contribution in [3.63, 3.8) is 0 Å². The molecule has 3 aromatic rings. The van der Waals surface area contributed by atoms with Crippen LogP contribution >= 0.6 is 11.6 Å². The highest BCUT2D eigenvalue weighted by atomic mass is 35.5. The van der Waals surface area contributed by atoms with Gasteiger partial charge >= 0.3 is 6.18 Å². The van der Waals surface area contributed by atoms with Crippen LogP contribution in [0.25, 0.3) is 0 Å². The second-order valence-corrected chi connectivity index (χ2v) is 7.45. The molecule has 180 valence electrons. The number of hydrogen-bond donors (Lipinski definition) is 1. The molecule has 34 heavy (non-hydrogen) atoms. The van der Waals surface area contributed by atoms with Crippen LogP contribution < -0.4 is 15.6 Å². The summed E-state index contributed by atoms with van der Waals surface area (Å²) in [5.41, 5.74) is -0.278. The number of hydrogen-bond acceptors (Lipinski definition) is 5. The van der Waals surface area contributed by atoms with Crippen molar-refractivity contribution in [1.82, 2.24) is 19.9 Å². The molecule has 1 N–H and O–H groups in total. The number of nitrogens with one attached hydrogen (secondary N) is 1. The van der Waals surface area contributed by atoms with Gasteiger partial charge in [-0.3, -0.25) is 14.6 Å². The highest BCUT2D eigenvalue weighted by Crippen LogP contribution is 2.24. The Hall–Kier alpha value is -3.54. The van der Waals surface area contributed by atoms with Crippen molar-refractivity contribution in [3.8, 4) is 5.75 Å². The van der Waals surface area contributed by atoms with Crippen LogP contribution in [0.4, 0.5) is 22.0 Å². The van der Waals surface area contributed by atoms with Crippen LogP contribution in [-0.2, 0) is 13.2 Å². The van der Waals surface area contributed by atoms with Crippen LogP contribution in [0.2, 0.25) is 5.02 Å². The van der Waals surface area contributed by atoms with E-state index in [0.29, 0.717) is 11.8 Å². The number of benzene rings is 1. The standard InChI is InChI=1S/C21H16ClF5N4O3/c1-11-4-17(34-9-12-2-3-13(23)5-15(12)24)18(22)20(33)31(11)8-14-6-29-16(7-28-14)19(32)30-10-21(25,26)27/h2-7H,8-10H2,1H3,(H,30,32). The number of carbonyl (C=O) groups is 1. The van der Waals surface area contributed by atoms with Gasteiger partial charge in [-0.05, 0) is 19.1 Å². The van der Waals surface area contributed by atoms with Crippen LogP contribution in [0, 0.1) is 18.6 Å². The van der Waals surface area contributed by atoms with Crippen molar-refractivity contribution < 1.29 is 31.5 Å². The third-order valence-electron chi connectivity index (χ3n) is 4.52. The Balaban J connectivity index is 1.72. The topological polar surface area (TPSA) is 86.1 Å². The number of amides is 1. The van der Waals surface area contributed by atoms with Crippen LogP contribution in [0.15, 0.2) is 41.5 Å². The van der Waals surface area contributed by atoms with Crippen molar-refractivity contribution in [1.29, 1.82) is 0 Å². The minimum atomic E-state index is -4.57. The number of pyridine rings is 1. The zero-order chi connectivity index (χ0) is 25.0. The van der Waals surface area contributed by atoms with E-state index in [1.165, 1.54) is 16.7 Å². The van der Waals surface area contributed by atoms with Gasteiger partial charge in [0.15, 0.2) is 0 Å². The van der Waals surface area contributed by atoms with E-state index >= 15 is 0 Å². The Morgan fingerprint density at radius 3 is 2.53 bits per heavy atom. The van der Waals surface area contributed by atoms with Gasteiger partial charge in [0, 0.05) is 23.4 Å². The third kappa shape index (κ3) is 6.28. The van der Waals surface area contributed by atoms with Gasteiger partial charge in [0.25, 0.3) is 11.5 Å². The van der Waals surface area contributed by atoms with Gasteiger partial charge in [-0.25, -0.2) is 13.8 Å². The predicted octanol–water partition coefficient (Wildman–Crippen LogP) is 3.80. The van der Waals surface area contributed by atoms with Crippen LogP contribution in [0.1, 0.15) is 27.4 Å². The highest BCUT2D eigenvalue weighted by molar-refractivity contribution is 6.31. The number of rotatable bonds is 7. The average molecular weight is 503 g/mol. The molecule has 0 radical (unpaired) electrons. The number of nitrogens with zero attached hydrogens (tertiary/aromatic N) is 3. The zero-order valence-corrected chi connectivity index (χ0v) is 18.2. The van der Waals surface area contributed by atoms with E-state index in [1.807, 2.05) is 0 Å². The SMILES string of the molecule is Cc1cc(OCc2ccc(F)cc2F)c(Cl)c(=O)n1Cc1cnc(C(=O)NCC(F)(F)F)cn1. The summed E-state index contributed by atoms with van der Waals surface area (Å²) in [4.78, 5) is 32.1. The highest BCUT2D eigenvalue weighted by Gasteiger charge is 2.28. The summed E-state index contributed by atoms with van der Waals surface area (Å²) in [5, 5.41) is 1.39. The molecule has 1 aromatic carbocycles. The summed E-state index contributed by atoms with van der Waals surface area (Å²) in [7, 11) is 0. The lowest BCUT2D eigenvalue weighted by molar-refractivity contribution is -0.123. The second-order valence-electron chi connectivity index (χ2n) is 7.07. The Morgan fingerprint density at radius 2 is 1.91 bits per heavy atom. The Bertz CT molecular complexity index is 1260. The Labute approximate surface area is 194 Å². The second kappa shape index (κ2) is 10.2. The summed E-state index contributed by atoms with van der Waals surface area (Å²) in [6, 6.07) is 4.42. The van der Waals surface area contributed by atoms with E-state index in [0.717, 1.165) is 18.5 Å². The molecule has 2 aromatic heterocycles. The molecule has 0 aliphatic heterocycles. The lowest BCUT2D eigenvalue weighted by Crippen LogP contribution is -2.34. The van der Waals surface area contributed by atoms with E-state index in [2.05, 4.69) is 9.97 Å². The first-order valence-corrected chi connectivity index (χ1v) is 9.95. The summed E-state index contributed by atoms with van der Waals surface area (Å²) in [6.45, 7) is -0.327. The molecule has 13 heteroatoms. The van der Waals surface area contributed by atoms with Gasteiger partial charge in [0.05, 0.1) is 24.6 Å². The first-order chi connectivity index (χ1) is 15.9. The lowest BCUT2D eigenvalue weighted by atomic mass is 10.2. The molecule has 3 rings (SSSR count). The smallest absolute Gasteiger partial charge is 0.405 e. The summed E-state index contributed by atoms with van der Waals surface area (Å²) in [5.74, 6) is -2.61. The maximum atomic E-state index is 13.8. The van der Waals surface area contributed by atoms with Gasteiger partial charge in [0.1, 0.15) is 41.3 Å². The van der Waals surface area contributed by atoms with Crippen LogP contribution in [0.3, 0.4) is 0 Å². The molecule has 0 fully saturated rings. The van der Waals surface area contributed by atoms with Gasteiger partial charge in [-0.15, -0.1) is 0 Å². The van der Waals surface area contributed by atoms with Gasteiger partial charge in [0.2, 0.25) is 0 Å². The number of alkyl halides is 3. The molecular formula is C21H16ClF5N4O3. The minimum Gasteiger partial charge on any atom is -0.487 e. The largest absolute Gasteiger partial charge is 0.487 e.